The maximum atomic E-state index is 3.33. The first kappa shape index (κ1) is 10.3. The Morgan fingerprint density at radius 2 is 1.80 bits per heavy atom. The zero-order chi connectivity index (χ0) is 8.04. The van der Waals surface area contributed by atoms with E-state index in [1.807, 2.05) is 0 Å². The van der Waals surface area contributed by atoms with Gasteiger partial charge in [-0.1, -0.05) is 6.92 Å². The van der Waals surface area contributed by atoms with Gasteiger partial charge in [0, 0.05) is 0 Å². The molecule has 0 unspecified atom stereocenters. The van der Waals surface area contributed by atoms with Gasteiger partial charge in [0.2, 0.25) is 0 Å². The Morgan fingerprint density at radius 3 is 2.20 bits per heavy atom. The topological polar surface area (TPSA) is 12.0 Å². The van der Waals surface area contributed by atoms with E-state index in [9.17, 15) is 0 Å². The summed E-state index contributed by atoms with van der Waals surface area (Å²) in [5.41, 5.74) is 0. The fourth-order valence-corrected chi connectivity index (χ4v) is 1.82. The molecule has 1 nitrogen and oxygen atoms in total. The van der Waals surface area contributed by atoms with Crippen LogP contribution >= 0.6 is 10.0 Å². The molecule has 0 saturated heterocycles. The van der Waals surface area contributed by atoms with Crippen LogP contribution in [0.15, 0.2) is 0 Å². The molecule has 0 aliphatic carbocycles. The summed E-state index contributed by atoms with van der Waals surface area (Å²) in [5, 5.41) is 3.33. The Balaban J connectivity index is 3.04. The molecule has 0 aromatic heterocycles. The van der Waals surface area contributed by atoms with Crippen molar-refractivity contribution in [3.05, 3.63) is 0 Å². The number of hydrogen-bond acceptors (Lipinski definition) is 1. The Morgan fingerprint density at radius 1 is 1.20 bits per heavy atom. The Hall–Kier alpha value is 0.310. The molecule has 0 rings (SSSR count). The summed E-state index contributed by atoms with van der Waals surface area (Å²) >= 11 is 0. The van der Waals surface area contributed by atoms with E-state index in [4.69, 9.17) is 0 Å². The molecule has 0 aliphatic heterocycles. The maximum absolute atomic E-state index is 3.33. The summed E-state index contributed by atoms with van der Waals surface area (Å²) < 4.78 is 0. The number of rotatable bonds is 5. The minimum atomic E-state index is -0.245. The minimum Gasteiger partial charge on any atom is -0.317 e. The predicted octanol–water partition coefficient (Wildman–Crippen LogP) is 1.68. The van der Waals surface area contributed by atoms with Crippen LogP contribution in [0.2, 0.25) is 0 Å². The highest BCUT2D eigenvalue weighted by molar-refractivity contribution is 8.32. The summed E-state index contributed by atoms with van der Waals surface area (Å²) in [6.45, 7) is 4.46. The van der Waals surface area contributed by atoms with Crippen molar-refractivity contribution in [3.8, 4) is 0 Å². The van der Waals surface area contributed by atoms with E-state index in [-0.39, 0.29) is 10.0 Å². The first-order valence-electron chi connectivity index (χ1n) is 3.93. The molecule has 64 valence electrons. The molecule has 0 saturated carbocycles. The van der Waals surface area contributed by atoms with Crippen LogP contribution in [0.4, 0.5) is 0 Å². The third kappa shape index (κ3) is 8.31. The Bertz CT molecular complexity index is 75.8. The largest absolute Gasteiger partial charge is 0.317 e. The van der Waals surface area contributed by atoms with E-state index in [1.54, 1.807) is 0 Å². The smallest absolute Gasteiger partial charge is 0.00417 e. The van der Waals surface area contributed by atoms with E-state index >= 15 is 0 Å². The summed E-state index contributed by atoms with van der Waals surface area (Å²) in [5.74, 6) is 1.40. The van der Waals surface area contributed by atoms with Gasteiger partial charge in [-0.3, -0.25) is 0 Å². The quantitative estimate of drug-likeness (QED) is 0.608. The molecule has 0 aromatic rings. The highest BCUT2D eigenvalue weighted by Gasteiger charge is 2.01. The van der Waals surface area contributed by atoms with Crippen molar-refractivity contribution in [1.82, 2.24) is 5.32 Å². The predicted molar refractivity (Wildman–Crippen MR) is 53.4 cm³/mol. The van der Waals surface area contributed by atoms with E-state index in [0.29, 0.717) is 0 Å². The van der Waals surface area contributed by atoms with Gasteiger partial charge in [0.1, 0.15) is 0 Å². The SMILES string of the molecule is CCNCCCS(C)(C)C. The molecular weight excluding hydrogens is 142 g/mol. The first-order chi connectivity index (χ1) is 4.56. The highest BCUT2D eigenvalue weighted by Crippen LogP contribution is 2.34. The molecule has 0 bridgehead atoms. The fourth-order valence-electron chi connectivity index (χ4n) is 0.807. The lowest BCUT2D eigenvalue weighted by atomic mass is 10.5. The lowest BCUT2D eigenvalue weighted by Gasteiger charge is -2.24. The molecule has 1 N–H and O–H groups in total. The van der Waals surface area contributed by atoms with Crippen molar-refractivity contribution in [3.63, 3.8) is 0 Å². The van der Waals surface area contributed by atoms with E-state index < -0.39 is 0 Å². The lowest BCUT2D eigenvalue weighted by Crippen LogP contribution is -2.16. The van der Waals surface area contributed by atoms with Gasteiger partial charge in [-0.15, -0.1) is 0 Å². The molecule has 0 aliphatic rings. The maximum Gasteiger partial charge on any atom is -0.00417 e. The van der Waals surface area contributed by atoms with Gasteiger partial charge in [-0.05, 0) is 44.0 Å². The van der Waals surface area contributed by atoms with Crippen LogP contribution < -0.4 is 5.32 Å². The van der Waals surface area contributed by atoms with Crippen LogP contribution in [0.1, 0.15) is 13.3 Å². The van der Waals surface area contributed by atoms with Gasteiger partial charge in [0.05, 0.1) is 0 Å². The fraction of sp³-hybridized carbons (Fsp3) is 1.00. The molecule has 0 amide bonds. The average Bonchev–Trinajstić information content (AvgIpc) is 1.78. The van der Waals surface area contributed by atoms with Gasteiger partial charge in [0.15, 0.2) is 0 Å². The molecule has 0 atom stereocenters. The van der Waals surface area contributed by atoms with E-state index in [1.165, 1.54) is 18.7 Å². The summed E-state index contributed by atoms with van der Waals surface area (Å²) in [7, 11) is -0.245. The third-order valence-electron chi connectivity index (χ3n) is 1.36. The Kier molecular flexibility index (Phi) is 5.18. The third-order valence-corrected chi connectivity index (χ3v) is 2.87. The van der Waals surface area contributed by atoms with Crippen LogP contribution in [0.3, 0.4) is 0 Å². The van der Waals surface area contributed by atoms with Gasteiger partial charge in [-0.25, -0.2) is 10.0 Å². The minimum absolute atomic E-state index is 0.245. The van der Waals surface area contributed by atoms with Crippen LogP contribution in [0.5, 0.6) is 0 Å². The molecule has 0 fully saturated rings. The monoisotopic (exact) mass is 163 g/mol. The molecule has 0 radical (unpaired) electrons. The molecule has 10 heavy (non-hydrogen) atoms. The summed E-state index contributed by atoms with van der Waals surface area (Å²) in [6.07, 6.45) is 8.46. The van der Waals surface area contributed by atoms with Crippen LogP contribution in [0.25, 0.3) is 0 Å². The van der Waals surface area contributed by atoms with Crippen LogP contribution in [-0.4, -0.2) is 37.6 Å². The van der Waals surface area contributed by atoms with Crippen molar-refractivity contribution in [2.75, 3.05) is 37.6 Å². The normalized spacial score (nSPS) is 13.6. The van der Waals surface area contributed by atoms with Crippen molar-refractivity contribution < 1.29 is 0 Å². The Labute approximate surface area is 66.9 Å². The molecule has 0 spiro atoms. The number of nitrogens with one attached hydrogen (secondary N) is 1. The van der Waals surface area contributed by atoms with E-state index in [2.05, 4.69) is 31.0 Å². The van der Waals surface area contributed by atoms with Gasteiger partial charge >= 0.3 is 0 Å². The van der Waals surface area contributed by atoms with Gasteiger partial charge in [0.25, 0.3) is 0 Å². The van der Waals surface area contributed by atoms with Crippen molar-refractivity contribution in [1.29, 1.82) is 0 Å². The van der Waals surface area contributed by atoms with Crippen LogP contribution in [0, 0.1) is 0 Å². The summed E-state index contributed by atoms with van der Waals surface area (Å²) in [6, 6.07) is 0. The standard InChI is InChI=1S/C8H21NS/c1-5-9-7-6-8-10(2,3)4/h9H,5-8H2,1-4H3. The molecule has 2 heteroatoms. The molecule has 0 heterocycles. The second-order valence-electron chi connectivity index (χ2n) is 3.50. The first-order valence-corrected chi connectivity index (χ1v) is 6.95. The number of hydrogen-bond donors (Lipinski definition) is 1. The second-order valence-corrected chi connectivity index (χ2v) is 8.09. The molecule has 0 aromatic carbocycles. The van der Waals surface area contributed by atoms with Crippen molar-refractivity contribution in [2.24, 2.45) is 0 Å². The average molecular weight is 163 g/mol. The van der Waals surface area contributed by atoms with Gasteiger partial charge < -0.3 is 5.32 Å². The zero-order valence-corrected chi connectivity index (χ0v) is 8.55. The lowest BCUT2D eigenvalue weighted by molar-refractivity contribution is 0.706. The van der Waals surface area contributed by atoms with Crippen molar-refractivity contribution >= 4 is 10.0 Å². The van der Waals surface area contributed by atoms with Crippen LogP contribution in [-0.2, 0) is 0 Å². The van der Waals surface area contributed by atoms with Crippen molar-refractivity contribution in [2.45, 2.75) is 13.3 Å². The highest BCUT2D eigenvalue weighted by atomic mass is 32.3. The molecular formula is C8H21NS. The van der Waals surface area contributed by atoms with E-state index in [0.717, 1.165) is 6.54 Å². The summed E-state index contributed by atoms with van der Waals surface area (Å²) in [4.78, 5) is 0. The second kappa shape index (κ2) is 5.03. The van der Waals surface area contributed by atoms with Gasteiger partial charge in [-0.2, -0.15) is 0 Å². The zero-order valence-electron chi connectivity index (χ0n) is 7.74.